The number of likely N-dealkylation sites (N-methyl/N-ethyl adjacent to an activating group) is 1. The molecule has 0 aromatic heterocycles. The van der Waals surface area contributed by atoms with Gasteiger partial charge in [-0.25, -0.2) is 0 Å². The number of carbonyl (C=O) groups excluding carboxylic acids is 1. The summed E-state index contributed by atoms with van der Waals surface area (Å²) in [7, 11) is 2.40. The van der Waals surface area contributed by atoms with Crippen LogP contribution in [0.15, 0.2) is 12.2 Å². The van der Waals surface area contributed by atoms with E-state index in [2.05, 4.69) is 58.7 Å². The Hall–Kier alpha value is -0.750. The molecule has 1 aliphatic heterocycles. The van der Waals surface area contributed by atoms with Gasteiger partial charge in [-0.1, -0.05) is 110 Å². The topological polar surface area (TPSA) is 38.8 Å². The summed E-state index contributed by atoms with van der Waals surface area (Å²) >= 11 is 0. The van der Waals surface area contributed by atoms with E-state index in [1.165, 1.54) is 120 Å². The average Bonchev–Trinajstić information content (AvgIpc) is 3.05. The first-order valence-electron chi connectivity index (χ1n) is 20.2. The normalized spacial score (nSPS) is 18.2. The molecule has 272 valence electrons. The van der Waals surface area contributed by atoms with E-state index in [1.54, 1.807) is 0 Å². The number of nitrogens with zero attached hydrogens (tertiary/aromatic N) is 2. The molecule has 0 bridgehead atoms. The number of hydrogen-bond donors (Lipinski definition) is 0. The third-order valence-corrected chi connectivity index (χ3v) is 10.8. The lowest BCUT2D eigenvalue weighted by atomic mass is 9.92. The number of ketones is 1. The summed E-state index contributed by atoms with van der Waals surface area (Å²) in [5, 5.41) is 0. The Morgan fingerprint density at radius 1 is 0.696 bits per heavy atom. The van der Waals surface area contributed by atoms with Gasteiger partial charge in [0.2, 0.25) is 0 Å². The molecule has 5 nitrogen and oxygen atoms in total. The summed E-state index contributed by atoms with van der Waals surface area (Å²) in [6, 6.07) is 0. The van der Waals surface area contributed by atoms with Crippen molar-refractivity contribution in [3.63, 3.8) is 0 Å². The third kappa shape index (κ3) is 19.9. The number of ether oxygens (including phenoxy) is 2. The van der Waals surface area contributed by atoms with Gasteiger partial charge in [0, 0.05) is 32.7 Å². The lowest BCUT2D eigenvalue weighted by Crippen LogP contribution is -2.57. The highest BCUT2D eigenvalue weighted by Crippen LogP contribution is 2.26. The van der Waals surface area contributed by atoms with Gasteiger partial charge in [0.15, 0.2) is 5.78 Å². The van der Waals surface area contributed by atoms with Gasteiger partial charge < -0.3 is 14.0 Å². The molecule has 0 radical (unpaired) electrons. The first-order valence-corrected chi connectivity index (χ1v) is 20.2. The molecule has 2 unspecified atom stereocenters. The Morgan fingerprint density at radius 3 is 1.83 bits per heavy atom. The summed E-state index contributed by atoms with van der Waals surface area (Å²) in [5.41, 5.74) is -0.872. The fraction of sp³-hybridized carbons (Fsp3) is 0.927. The standard InChI is InChI=1S/C41H81N2O3/c1-8-12-14-15-16-17-18-19-20-21-22-23-24-25-26-27-37-45-40(5,11-4)30-38-46-41(6,29-10-3)39(44)28-31-42-32-35-43(7,36-33-42)34-13-9-2/h19-20H,8-18,21-38H2,1-7H3/q+1. The Labute approximate surface area is 288 Å². The summed E-state index contributed by atoms with van der Waals surface area (Å²) in [5.74, 6) is 0.270. The van der Waals surface area contributed by atoms with Crippen molar-refractivity contribution < 1.29 is 18.8 Å². The van der Waals surface area contributed by atoms with Gasteiger partial charge in [0.25, 0.3) is 0 Å². The molecule has 46 heavy (non-hydrogen) atoms. The first-order chi connectivity index (χ1) is 22.2. The van der Waals surface area contributed by atoms with Crippen molar-refractivity contribution in [2.45, 2.75) is 188 Å². The van der Waals surface area contributed by atoms with Crippen LogP contribution in [0.4, 0.5) is 0 Å². The van der Waals surface area contributed by atoms with Crippen molar-refractivity contribution in [1.29, 1.82) is 0 Å². The molecule has 1 saturated heterocycles. The van der Waals surface area contributed by atoms with Gasteiger partial charge in [-0.15, -0.1) is 0 Å². The highest BCUT2D eigenvalue weighted by atomic mass is 16.5. The van der Waals surface area contributed by atoms with Gasteiger partial charge in [-0.2, -0.15) is 0 Å². The predicted molar refractivity (Wildman–Crippen MR) is 200 cm³/mol. The van der Waals surface area contributed by atoms with E-state index in [9.17, 15) is 4.79 Å². The van der Waals surface area contributed by atoms with Crippen LogP contribution in [-0.2, 0) is 14.3 Å². The predicted octanol–water partition coefficient (Wildman–Crippen LogP) is 10.7. The Kier molecular flexibility index (Phi) is 24.6. The number of quaternary nitrogens is 1. The van der Waals surface area contributed by atoms with Gasteiger partial charge in [0.05, 0.1) is 38.9 Å². The van der Waals surface area contributed by atoms with Crippen molar-refractivity contribution in [1.82, 2.24) is 4.90 Å². The number of unbranched alkanes of at least 4 members (excludes halogenated alkanes) is 13. The second-order valence-corrected chi connectivity index (χ2v) is 15.3. The minimum Gasteiger partial charge on any atom is -0.375 e. The molecule has 5 heteroatoms. The summed E-state index contributed by atoms with van der Waals surface area (Å²) in [6.07, 6.45) is 30.1. The maximum atomic E-state index is 13.4. The van der Waals surface area contributed by atoms with Crippen LogP contribution in [0.3, 0.4) is 0 Å². The number of carbonyl (C=O) groups is 1. The molecule has 1 rings (SSSR count). The van der Waals surface area contributed by atoms with E-state index in [-0.39, 0.29) is 11.4 Å². The van der Waals surface area contributed by atoms with Crippen molar-refractivity contribution in [3.05, 3.63) is 12.2 Å². The number of allylic oxidation sites excluding steroid dienone is 2. The summed E-state index contributed by atoms with van der Waals surface area (Å²) in [4.78, 5) is 15.9. The van der Waals surface area contributed by atoms with Crippen molar-refractivity contribution in [2.75, 3.05) is 59.5 Å². The van der Waals surface area contributed by atoms with Crippen LogP contribution in [0, 0.1) is 0 Å². The Balaban J connectivity index is 2.21. The van der Waals surface area contributed by atoms with Gasteiger partial charge in [-0.3, -0.25) is 9.69 Å². The lowest BCUT2D eigenvalue weighted by molar-refractivity contribution is -0.913. The number of hydrogen-bond acceptors (Lipinski definition) is 4. The first kappa shape index (κ1) is 43.3. The second-order valence-electron chi connectivity index (χ2n) is 15.3. The van der Waals surface area contributed by atoms with Crippen LogP contribution < -0.4 is 0 Å². The molecule has 2 atom stereocenters. The van der Waals surface area contributed by atoms with E-state index in [4.69, 9.17) is 9.47 Å². The zero-order valence-electron chi connectivity index (χ0n) is 32.3. The largest absolute Gasteiger partial charge is 0.375 e. The van der Waals surface area contributed by atoms with Crippen LogP contribution in [0.2, 0.25) is 0 Å². The maximum Gasteiger partial charge on any atom is 0.165 e. The fourth-order valence-electron chi connectivity index (χ4n) is 6.78. The third-order valence-electron chi connectivity index (χ3n) is 10.8. The van der Waals surface area contributed by atoms with Crippen molar-refractivity contribution >= 4 is 5.78 Å². The molecule has 0 spiro atoms. The van der Waals surface area contributed by atoms with Gasteiger partial charge >= 0.3 is 0 Å². The Morgan fingerprint density at radius 2 is 1.26 bits per heavy atom. The smallest absolute Gasteiger partial charge is 0.165 e. The maximum absolute atomic E-state index is 13.4. The van der Waals surface area contributed by atoms with Crippen LogP contribution in [0.25, 0.3) is 0 Å². The molecular formula is C41H81N2O3+. The van der Waals surface area contributed by atoms with Gasteiger partial charge in [0.1, 0.15) is 5.60 Å². The molecule has 1 fully saturated rings. The molecule has 1 aliphatic rings. The minimum absolute atomic E-state index is 0.186. The summed E-state index contributed by atoms with van der Waals surface area (Å²) < 4.78 is 14.0. The SMILES string of the molecule is CCCCCCCCC=CCCCCCCCCOC(C)(CC)CCOC(C)(CCC)C(=O)CCN1CC[N+](C)(CCCC)CC1. The van der Waals surface area contributed by atoms with Crippen molar-refractivity contribution in [3.8, 4) is 0 Å². The van der Waals surface area contributed by atoms with Gasteiger partial charge in [-0.05, 0) is 71.6 Å². The second kappa shape index (κ2) is 26.2. The molecule has 0 saturated carbocycles. The molecule has 0 aromatic carbocycles. The van der Waals surface area contributed by atoms with Crippen LogP contribution >= 0.6 is 0 Å². The van der Waals surface area contributed by atoms with Crippen LogP contribution in [0.5, 0.6) is 0 Å². The van der Waals surface area contributed by atoms with E-state index >= 15 is 0 Å². The minimum atomic E-state index is -0.686. The molecule has 0 aromatic rings. The summed E-state index contributed by atoms with van der Waals surface area (Å²) in [6.45, 7) is 21.3. The van der Waals surface area contributed by atoms with Crippen LogP contribution in [-0.4, -0.2) is 85.9 Å². The number of Topliss-reactive ketones (excluding diaryl/α,β-unsaturated/α-hetero) is 1. The zero-order chi connectivity index (χ0) is 34.0. The number of piperazine rings is 1. The monoisotopic (exact) mass is 650 g/mol. The van der Waals surface area contributed by atoms with E-state index < -0.39 is 5.60 Å². The molecule has 1 heterocycles. The average molecular weight is 650 g/mol. The van der Waals surface area contributed by atoms with Crippen molar-refractivity contribution in [2.24, 2.45) is 0 Å². The van der Waals surface area contributed by atoms with Crippen LogP contribution in [0.1, 0.15) is 176 Å². The lowest BCUT2D eigenvalue weighted by Gasteiger charge is -2.42. The molecule has 0 amide bonds. The quantitative estimate of drug-likeness (QED) is 0.0426. The van der Waals surface area contributed by atoms with E-state index in [0.29, 0.717) is 13.0 Å². The Bertz CT molecular complexity index is 763. The number of rotatable bonds is 31. The highest BCUT2D eigenvalue weighted by Gasteiger charge is 2.35. The van der Waals surface area contributed by atoms with E-state index in [0.717, 1.165) is 58.3 Å². The molecule has 0 N–H and O–H groups in total. The molecular weight excluding hydrogens is 568 g/mol. The fourth-order valence-corrected chi connectivity index (χ4v) is 6.78. The molecule has 0 aliphatic carbocycles. The zero-order valence-corrected chi connectivity index (χ0v) is 32.3. The highest BCUT2D eigenvalue weighted by molar-refractivity contribution is 5.87. The van der Waals surface area contributed by atoms with E-state index in [1.807, 2.05) is 6.92 Å².